The molecule has 19 heavy (non-hydrogen) atoms. The van der Waals surface area contributed by atoms with Crippen molar-refractivity contribution < 1.29 is 8.42 Å². The van der Waals surface area contributed by atoms with Gasteiger partial charge < -0.3 is 0 Å². The molecule has 1 aliphatic rings. The average Bonchev–Trinajstić information content (AvgIpc) is 2.47. The third-order valence-electron chi connectivity index (χ3n) is 3.20. The van der Waals surface area contributed by atoms with Gasteiger partial charge in [-0.2, -0.15) is 22.7 Å². The molecule has 1 fully saturated rings. The third-order valence-corrected chi connectivity index (χ3v) is 4.75. The van der Waals surface area contributed by atoms with Crippen LogP contribution in [0.3, 0.4) is 0 Å². The second-order valence-corrected chi connectivity index (χ2v) is 6.35. The van der Waals surface area contributed by atoms with Crippen LogP contribution in [0.1, 0.15) is 30.4 Å². The molecule has 0 aromatic heterocycles. The molecule has 0 aliphatic carbocycles. The van der Waals surface area contributed by atoms with Gasteiger partial charge in [0.2, 0.25) is 0 Å². The molecule has 1 heterocycles. The summed E-state index contributed by atoms with van der Waals surface area (Å²) in [4.78, 5) is 0. The molecule has 0 unspecified atom stereocenters. The van der Waals surface area contributed by atoms with Gasteiger partial charge in [-0.3, -0.25) is 0 Å². The Labute approximate surface area is 114 Å². The van der Waals surface area contributed by atoms with E-state index >= 15 is 0 Å². The highest BCUT2D eigenvalue weighted by molar-refractivity contribution is 7.87. The fourth-order valence-corrected chi connectivity index (χ4v) is 3.34. The van der Waals surface area contributed by atoms with Crippen molar-refractivity contribution >= 4 is 10.2 Å². The smallest absolute Gasteiger partial charge is 0.198 e. The Balaban J connectivity index is 1.95. The fourth-order valence-electron chi connectivity index (χ4n) is 2.07. The van der Waals surface area contributed by atoms with Crippen molar-refractivity contribution in [1.29, 1.82) is 5.26 Å². The first-order valence-electron chi connectivity index (χ1n) is 6.35. The van der Waals surface area contributed by atoms with Crippen molar-refractivity contribution in [3.63, 3.8) is 0 Å². The molecule has 1 aliphatic heterocycles. The molecule has 5 nitrogen and oxygen atoms in total. The first-order valence-corrected chi connectivity index (χ1v) is 7.79. The molecule has 0 saturated carbocycles. The van der Waals surface area contributed by atoms with E-state index in [0.717, 1.165) is 24.8 Å². The highest BCUT2D eigenvalue weighted by atomic mass is 32.2. The largest absolute Gasteiger partial charge is 0.279 e. The second kappa shape index (κ2) is 6.15. The van der Waals surface area contributed by atoms with Crippen LogP contribution in [-0.2, 0) is 16.8 Å². The van der Waals surface area contributed by atoms with E-state index in [4.69, 9.17) is 5.26 Å². The van der Waals surface area contributed by atoms with Gasteiger partial charge in [0.15, 0.2) is 0 Å². The predicted octanol–water partition coefficient (Wildman–Crippen LogP) is 1.38. The Morgan fingerprint density at radius 1 is 1.16 bits per heavy atom. The van der Waals surface area contributed by atoms with Crippen molar-refractivity contribution in [2.75, 3.05) is 13.1 Å². The lowest BCUT2D eigenvalue weighted by Gasteiger charge is -2.25. The lowest BCUT2D eigenvalue weighted by molar-refractivity contribution is 0.341. The number of hydrogen-bond donors (Lipinski definition) is 1. The molecule has 0 radical (unpaired) electrons. The van der Waals surface area contributed by atoms with Crippen LogP contribution in [0, 0.1) is 11.3 Å². The minimum atomic E-state index is -3.38. The summed E-state index contributed by atoms with van der Waals surface area (Å²) in [6.45, 7) is 1.45. The van der Waals surface area contributed by atoms with Gasteiger partial charge in [0.05, 0.1) is 11.6 Å². The highest BCUT2D eigenvalue weighted by Gasteiger charge is 2.22. The molecule has 1 aromatic rings. The molecule has 1 saturated heterocycles. The van der Waals surface area contributed by atoms with E-state index in [2.05, 4.69) is 4.72 Å². The number of benzene rings is 1. The molecule has 0 spiro atoms. The number of hydrogen-bond acceptors (Lipinski definition) is 3. The van der Waals surface area contributed by atoms with Crippen LogP contribution in [0.25, 0.3) is 0 Å². The Hall–Kier alpha value is -1.42. The van der Waals surface area contributed by atoms with Gasteiger partial charge in [-0.25, -0.2) is 0 Å². The minimum absolute atomic E-state index is 0.255. The normalized spacial score (nSPS) is 17.0. The standard InChI is InChI=1S/C13H17N3O2S/c14-10-12-4-6-13(7-5-12)11-15-19(17,18)16-8-2-1-3-9-16/h4-7,15H,1-3,8-9,11H2. The lowest BCUT2D eigenvalue weighted by atomic mass is 10.1. The Bertz CT molecular complexity index is 555. The summed E-state index contributed by atoms with van der Waals surface area (Å²) < 4.78 is 28.2. The van der Waals surface area contributed by atoms with Crippen LogP contribution < -0.4 is 4.72 Å². The average molecular weight is 279 g/mol. The number of piperidine rings is 1. The molecular formula is C13H17N3O2S. The quantitative estimate of drug-likeness (QED) is 0.905. The van der Waals surface area contributed by atoms with Crippen molar-refractivity contribution in [3.8, 4) is 6.07 Å². The van der Waals surface area contributed by atoms with Crippen molar-refractivity contribution in [2.24, 2.45) is 0 Å². The van der Waals surface area contributed by atoms with Crippen LogP contribution in [0.15, 0.2) is 24.3 Å². The van der Waals surface area contributed by atoms with Crippen LogP contribution >= 0.6 is 0 Å². The van der Waals surface area contributed by atoms with E-state index < -0.39 is 10.2 Å². The van der Waals surface area contributed by atoms with Gasteiger partial charge in [0.25, 0.3) is 10.2 Å². The SMILES string of the molecule is N#Cc1ccc(CNS(=O)(=O)N2CCCCC2)cc1. The highest BCUT2D eigenvalue weighted by Crippen LogP contribution is 2.12. The Morgan fingerprint density at radius 3 is 2.37 bits per heavy atom. The van der Waals surface area contributed by atoms with E-state index in [1.807, 2.05) is 6.07 Å². The fraction of sp³-hybridized carbons (Fsp3) is 0.462. The third kappa shape index (κ3) is 3.77. The van der Waals surface area contributed by atoms with Gasteiger partial charge in [-0.15, -0.1) is 0 Å². The van der Waals surface area contributed by atoms with Gasteiger partial charge in [0.1, 0.15) is 0 Å². The number of nitriles is 1. The zero-order valence-corrected chi connectivity index (χ0v) is 11.5. The molecule has 0 bridgehead atoms. The number of nitrogens with one attached hydrogen (secondary N) is 1. The lowest BCUT2D eigenvalue weighted by Crippen LogP contribution is -2.43. The number of rotatable bonds is 4. The summed E-state index contributed by atoms with van der Waals surface area (Å²) in [6.07, 6.45) is 2.96. The molecule has 1 N–H and O–H groups in total. The van der Waals surface area contributed by atoms with Crippen LogP contribution in [-0.4, -0.2) is 25.8 Å². The monoisotopic (exact) mass is 279 g/mol. The molecule has 6 heteroatoms. The Kier molecular flexibility index (Phi) is 4.53. The van der Waals surface area contributed by atoms with Gasteiger partial charge in [0, 0.05) is 19.6 Å². The van der Waals surface area contributed by atoms with Crippen molar-refractivity contribution in [2.45, 2.75) is 25.8 Å². The summed E-state index contributed by atoms with van der Waals surface area (Å²) in [6, 6.07) is 8.92. The number of nitrogens with zero attached hydrogens (tertiary/aromatic N) is 2. The summed E-state index contributed by atoms with van der Waals surface area (Å²) in [5, 5.41) is 8.69. The molecular weight excluding hydrogens is 262 g/mol. The molecule has 102 valence electrons. The molecule has 0 amide bonds. The summed E-state index contributed by atoms with van der Waals surface area (Å²) >= 11 is 0. The summed E-state index contributed by atoms with van der Waals surface area (Å²) in [5.74, 6) is 0. The van der Waals surface area contributed by atoms with Crippen molar-refractivity contribution in [1.82, 2.24) is 9.03 Å². The van der Waals surface area contributed by atoms with Gasteiger partial charge in [-0.05, 0) is 30.5 Å². The van der Waals surface area contributed by atoms with E-state index in [1.54, 1.807) is 24.3 Å². The summed E-state index contributed by atoms with van der Waals surface area (Å²) in [5.41, 5.74) is 1.42. The maximum Gasteiger partial charge on any atom is 0.279 e. The summed E-state index contributed by atoms with van der Waals surface area (Å²) in [7, 11) is -3.38. The topological polar surface area (TPSA) is 73.2 Å². The first kappa shape index (κ1) is 14.0. The van der Waals surface area contributed by atoms with E-state index in [1.165, 1.54) is 4.31 Å². The maximum absolute atomic E-state index is 12.0. The van der Waals surface area contributed by atoms with E-state index in [9.17, 15) is 8.42 Å². The molecule has 1 aromatic carbocycles. The van der Waals surface area contributed by atoms with Crippen molar-refractivity contribution in [3.05, 3.63) is 35.4 Å². The zero-order chi connectivity index (χ0) is 13.7. The maximum atomic E-state index is 12.0. The second-order valence-electron chi connectivity index (χ2n) is 4.59. The first-order chi connectivity index (χ1) is 9.12. The Morgan fingerprint density at radius 2 is 1.79 bits per heavy atom. The zero-order valence-electron chi connectivity index (χ0n) is 10.7. The van der Waals surface area contributed by atoms with Gasteiger partial charge >= 0.3 is 0 Å². The van der Waals surface area contributed by atoms with Crippen LogP contribution in [0.4, 0.5) is 0 Å². The van der Waals surface area contributed by atoms with E-state index in [-0.39, 0.29) is 6.54 Å². The molecule has 2 rings (SSSR count). The predicted molar refractivity (Wildman–Crippen MR) is 72.3 cm³/mol. The minimum Gasteiger partial charge on any atom is -0.198 e. The van der Waals surface area contributed by atoms with Gasteiger partial charge in [-0.1, -0.05) is 18.6 Å². The van der Waals surface area contributed by atoms with Crippen LogP contribution in [0.5, 0.6) is 0 Å². The van der Waals surface area contributed by atoms with Crippen LogP contribution in [0.2, 0.25) is 0 Å². The molecule has 0 atom stereocenters. The van der Waals surface area contributed by atoms with E-state index in [0.29, 0.717) is 18.7 Å².